The number of hydrogen-bond acceptors (Lipinski definition) is 0. The summed E-state index contributed by atoms with van der Waals surface area (Å²) >= 11 is 0. The second-order valence-electron chi connectivity index (χ2n) is 0. The average Bonchev–Trinajstić information content (AvgIpc) is 0. The van der Waals surface area contributed by atoms with Gasteiger partial charge in [0.15, 0.2) is 0 Å². The molecule has 8 heavy (non-hydrogen) atoms. The molecule has 12 N–H and O–H groups in total. The molecule has 0 rings (SSSR count). The van der Waals surface area contributed by atoms with E-state index in [-0.39, 0.29) is 62.2 Å². The summed E-state index contributed by atoms with van der Waals surface area (Å²) < 4.78 is 0. The van der Waals surface area contributed by atoms with Gasteiger partial charge in [-0.25, -0.2) is 0 Å². The maximum atomic E-state index is 0. The van der Waals surface area contributed by atoms with Gasteiger partial charge in [-0.3, -0.25) is 0 Å². The second kappa shape index (κ2) is 1140. The average molecular weight is 225 g/mol. The van der Waals surface area contributed by atoms with E-state index in [1.807, 2.05) is 0 Å². The summed E-state index contributed by atoms with van der Waals surface area (Å²) in [6.45, 7) is 0. The molecule has 0 aromatic carbocycles. The summed E-state index contributed by atoms with van der Waals surface area (Å²) in [4.78, 5) is 0. The van der Waals surface area contributed by atoms with Crippen LogP contribution in [0.1, 0.15) is 0 Å². The third-order valence-corrected chi connectivity index (χ3v) is 0. The molecule has 0 aliphatic carbocycles. The highest BCUT2D eigenvalue weighted by Crippen LogP contribution is 0.846. The molecule has 0 heterocycles. The van der Waals surface area contributed by atoms with Gasteiger partial charge in [0.05, 0.1) is 0 Å². The monoisotopic (exact) mass is 224 g/mol. The van der Waals surface area contributed by atoms with Crippen molar-refractivity contribution in [3.8, 4) is 0 Å². The Morgan fingerprint density at radius 2 is 0.375 bits per heavy atom. The summed E-state index contributed by atoms with van der Waals surface area (Å²) in [6.07, 6.45) is 0. The quantitative estimate of drug-likeness (QED) is 0.389. The second-order valence-corrected chi connectivity index (χ2v) is 0. The third-order valence-electron chi connectivity index (χ3n) is 0. The van der Waals surface area contributed by atoms with Crippen molar-refractivity contribution < 1.29 is 32.9 Å². The van der Waals surface area contributed by atoms with E-state index in [1.54, 1.807) is 0 Å². The first-order valence-corrected chi connectivity index (χ1v) is 0. The first kappa shape index (κ1) is 1720. The molecular formula is H14BrClO6. The Morgan fingerprint density at radius 3 is 0.375 bits per heavy atom. The van der Waals surface area contributed by atoms with Crippen molar-refractivity contribution >= 4 is 29.4 Å². The van der Waals surface area contributed by atoms with Crippen LogP contribution in [0.25, 0.3) is 0 Å². The normalized spacial score (nSPS) is 0. The van der Waals surface area contributed by atoms with Crippen molar-refractivity contribution in [1.82, 2.24) is 0 Å². The van der Waals surface area contributed by atoms with Crippen molar-refractivity contribution in [2.24, 2.45) is 0 Å². The molecule has 0 atom stereocenters. The lowest BCUT2D eigenvalue weighted by atomic mass is 16.0. The van der Waals surface area contributed by atoms with E-state index >= 15 is 0 Å². The molecule has 0 saturated carbocycles. The standard InChI is InChI=1S/BrH.ClH.6H2O/h2*1H;6*1H2. The number of rotatable bonds is 0. The molecule has 0 unspecified atom stereocenters. The molecule has 0 amide bonds. The molecule has 0 aromatic heterocycles. The Kier molecular flexibility index (Phi) is 246000. The zero-order valence-electron chi connectivity index (χ0n) is 3.82. The first-order valence-electron chi connectivity index (χ1n) is 0. The van der Waals surface area contributed by atoms with Crippen LogP contribution >= 0.6 is 29.4 Å². The van der Waals surface area contributed by atoms with Crippen molar-refractivity contribution in [3.63, 3.8) is 0 Å². The van der Waals surface area contributed by atoms with Crippen LogP contribution in [0.5, 0.6) is 0 Å². The van der Waals surface area contributed by atoms with Crippen LogP contribution in [-0.4, -0.2) is 32.9 Å². The molecule has 0 aliphatic heterocycles. The largest absolute Gasteiger partial charge is 0.412 e. The smallest absolute Gasteiger partial charge is 0.114 e. The Balaban J connectivity index is 0. The van der Waals surface area contributed by atoms with Crippen LogP contribution in [0.15, 0.2) is 0 Å². The van der Waals surface area contributed by atoms with Crippen LogP contribution in [0.3, 0.4) is 0 Å². The summed E-state index contributed by atoms with van der Waals surface area (Å²) in [5.74, 6) is 0. The van der Waals surface area contributed by atoms with Gasteiger partial charge in [-0.2, -0.15) is 0 Å². The van der Waals surface area contributed by atoms with E-state index in [0.29, 0.717) is 0 Å². The zero-order valence-corrected chi connectivity index (χ0v) is 6.35. The van der Waals surface area contributed by atoms with Crippen LogP contribution in [-0.2, 0) is 0 Å². The summed E-state index contributed by atoms with van der Waals surface area (Å²) in [5, 5.41) is 0. The highest BCUT2D eigenvalue weighted by atomic mass is 79.9. The highest BCUT2D eigenvalue weighted by molar-refractivity contribution is 8.93. The summed E-state index contributed by atoms with van der Waals surface area (Å²) in [6, 6.07) is 0. The zero-order chi connectivity index (χ0) is 0. The van der Waals surface area contributed by atoms with Gasteiger partial charge in [0, 0.05) is 0 Å². The summed E-state index contributed by atoms with van der Waals surface area (Å²) in [7, 11) is 0. The van der Waals surface area contributed by atoms with Gasteiger partial charge in [0.1, 0.15) is 0 Å². The molecule has 0 saturated heterocycles. The van der Waals surface area contributed by atoms with E-state index in [9.17, 15) is 0 Å². The van der Waals surface area contributed by atoms with Gasteiger partial charge in [-0.05, 0) is 0 Å². The van der Waals surface area contributed by atoms with E-state index in [2.05, 4.69) is 0 Å². The molecule has 8 heteroatoms. The minimum atomic E-state index is 0. The highest BCUT2D eigenvalue weighted by Gasteiger charge is -0.114. The number of hydrogen-bond donors (Lipinski definition) is 0. The minimum absolute atomic E-state index is 0. The van der Waals surface area contributed by atoms with Crippen molar-refractivity contribution in [2.75, 3.05) is 0 Å². The molecule has 0 bridgehead atoms. The minimum Gasteiger partial charge on any atom is -0.412 e. The summed E-state index contributed by atoms with van der Waals surface area (Å²) in [5.41, 5.74) is 0. The van der Waals surface area contributed by atoms with E-state index in [1.165, 1.54) is 0 Å². The Hall–Kier alpha value is 0.530. The lowest BCUT2D eigenvalue weighted by Gasteiger charge is -0.413. The molecule has 0 aromatic rings. The predicted molar refractivity (Wildman–Crippen MR) is 39.3 cm³/mol. The predicted octanol–water partition coefficient (Wildman–Crippen LogP) is -3.95. The fourth-order valence-corrected chi connectivity index (χ4v) is 0. The van der Waals surface area contributed by atoms with Gasteiger partial charge in [-0.1, -0.05) is 0 Å². The molecular weight excluding hydrogens is 211 g/mol. The Bertz CT molecular complexity index is 8.49. The van der Waals surface area contributed by atoms with Crippen LogP contribution in [0, 0.1) is 0 Å². The molecule has 0 spiro atoms. The molecule has 0 fully saturated rings. The van der Waals surface area contributed by atoms with Gasteiger partial charge < -0.3 is 32.9 Å². The number of halogens is 2. The maximum absolute atomic E-state index is 0. The molecule has 6 nitrogen and oxygen atoms in total. The fourth-order valence-electron chi connectivity index (χ4n) is 0. The van der Waals surface area contributed by atoms with E-state index in [0.717, 1.165) is 0 Å². The van der Waals surface area contributed by atoms with Gasteiger partial charge >= 0.3 is 0 Å². The Labute approximate surface area is 62.9 Å². The topological polar surface area (TPSA) is 189 Å². The van der Waals surface area contributed by atoms with Crippen LogP contribution in [0.4, 0.5) is 0 Å². The van der Waals surface area contributed by atoms with Crippen molar-refractivity contribution in [2.45, 2.75) is 0 Å². The van der Waals surface area contributed by atoms with Crippen molar-refractivity contribution in [3.05, 3.63) is 0 Å². The lowest BCUT2D eigenvalue weighted by Crippen LogP contribution is -0.290. The molecule has 0 aliphatic rings. The first-order chi connectivity index (χ1) is 0. The van der Waals surface area contributed by atoms with Crippen LogP contribution in [0.2, 0.25) is 0 Å². The Morgan fingerprint density at radius 1 is 0.375 bits per heavy atom. The molecule has 0 radical (unpaired) electrons. The van der Waals surface area contributed by atoms with E-state index in [4.69, 9.17) is 0 Å². The van der Waals surface area contributed by atoms with Crippen LogP contribution < -0.4 is 0 Å². The third kappa shape index (κ3) is 711. The van der Waals surface area contributed by atoms with Gasteiger partial charge in [0.2, 0.25) is 0 Å². The van der Waals surface area contributed by atoms with Gasteiger partial charge in [0.25, 0.3) is 0 Å². The lowest BCUT2D eigenvalue weighted by molar-refractivity contribution is 0.823. The molecule has 64 valence electrons. The van der Waals surface area contributed by atoms with E-state index < -0.39 is 0 Å². The SMILES string of the molecule is Br.Cl.O.O.O.O.O.O. The van der Waals surface area contributed by atoms with Crippen molar-refractivity contribution in [1.29, 1.82) is 0 Å². The maximum Gasteiger partial charge on any atom is -0.114 e. The fraction of sp³-hybridized carbons (Fsp3) is 0. The van der Waals surface area contributed by atoms with Gasteiger partial charge in [-0.15, -0.1) is 29.4 Å².